The van der Waals surface area contributed by atoms with Crippen LogP contribution >= 0.6 is 12.2 Å². The molecule has 0 radical (unpaired) electrons. The highest BCUT2D eigenvalue weighted by Crippen LogP contribution is 2.52. The Hall–Kier alpha value is -4.40. The number of methoxy groups -OCH3 is 1. The Morgan fingerprint density at radius 1 is 1.00 bits per heavy atom. The van der Waals surface area contributed by atoms with E-state index in [1.807, 2.05) is 0 Å². The van der Waals surface area contributed by atoms with Crippen molar-refractivity contribution >= 4 is 46.5 Å². The first-order valence-corrected chi connectivity index (χ1v) is 18.7. The van der Waals surface area contributed by atoms with Crippen molar-refractivity contribution in [2.75, 3.05) is 7.11 Å². The topological polar surface area (TPSA) is 249 Å². The van der Waals surface area contributed by atoms with Gasteiger partial charge in [-0.2, -0.15) is 0 Å². The number of ketones is 3. The van der Waals surface area contributed by atoms with Gasteiger partial charge < -0.3 is 60.1 Å². The molecule has 3 saturated heterocycles. The van der Waals surface area contributed by atoms with Crippen molar-refractivity contribution in [2.45, 2.75) is 114 Å². The predicted octanol–water partition coefficient (Wildman–Crippen LogP) is 0.716. The van der Waals surface area contributed by atoms with Gasteiger partial charge in [-0.3, -0.25) is 24.0 Å². The fraction of sp³-hybridized carbons (Fsp3) is 0.526. The lowest BCUT2D eigenvalue weighted by Crippen LogP contribution is -2.68. The van der Waals surface area contributed by atoms with Gasteiger partial charge in [-0.15, -0.1) is 0 Å². The molecule has 2 aromatic carbocycles. The van der Waals surface area contributed by atoms with Crippen LogP contribution in [-0.4, -0.2) is 116 Å². The van der Waals surface area contributed by atoms with Gasteiger partial charge in [-0.1, -0.05) is 12.1 Å². The fourth-order valence-corrected chi connectivity index (χ4v) is 8.71. The molecule has 0 aromatic heterocycles. The SMILES string of the molecule is COc1cccc2c1C(=O)c1c(O)c3c(c(O)c1C2=O)C[C@@](O)(C(C)=O)C[C@@H]3OC1CC2NC(C3C(=O)NC(=S)NC3=O)C(C)OC(CC(C)O)OC2C(C)O1. The quantitative estimate of drug-likeness (QED) is 0.0989. The van der Waals surface area contributed by atoms with Gasteiger partial charge in [0.05, 0.1) is 54.3 Å². The number of benzene rings is 2. The number of carbonyl (C=O) groups excluding carboxylic acids is 5. The molecule has 2 aromatic rings. The second kappa shape index (κ2) is 14.8. The normalized spacial score (nSPS) is 32.4. The summed E-state index contributed by atoms with van der Waals surface area (Å²) in [5, 5.41) is 53.7. The molecular formula is C38H43N3O14S. The molecule has 0 spiro atoms. The molecule has 2 amide bonds. The Morgan fingerprint density at radius 2 is 1.68 bits per heavy atom. The van der Waals surface area contributed by atoms with E-state index in [1.54, 1.807) is 20.8 Å². The molecule has 56 heavy (non-hydrogen) atoms. The molecule has 10 atom stereocenters. The summed E-state index contributed by atoms with van der Waals surface area (Å²) in [7, 11) is 1.32. The third-order valence-corrected chi connectivity index (χ3v) is 11.4. The van der Waals surface area contributed by atoms with Gasteiger partial charge in [0.2, 0.25) is 17.6 Å². The number of phenols is 2. The van der Waals surface area contributed by atoms with Crippen LogP contribution in [0.2, 0.25) is 0 Å². The number of hydrogen-bond acceptors (Lipinski definition) is 16. The third-order valence-electron chi connectivity index (χ3n) is 11.2. The maximum Gasteiger partial charge on any atom is 0.240 e. The number of amides is 2. The standard InChI is InChI=1S/C38H43N3O14S/c1-13(42)9-22-52-14(2)29(28-35(48)40-37(56)41-36(28)49)39-19-10-23(53-15(3)34(19)55-22)54-21-12-38(50,16(4)43)11-18-25(21)33(47)27-26(31(18)45)30(44)17-7-6-8-20(51-5)24(17)32(27)46/h6-8,13-15,19,21-23,28-29,34,39,42,45,47,50H,9-12H2,1-5H3,(H2,40,41,48,49,56)/t13?,14?,15?,19?,21-,22?,23?,29?,34?,38-/m0/s1. The Labute approximate surface area is 326 Å². The summed E-state index contributed by atoms with van der Waals surface area (Å²) >= 11 is 5.00. The zero-order valence-corrected chi connectivity index (χ0v) is 31.9. The molecular weight excluding hydrogens is 754 g/mol. The van der Waals surface area contributed by atoms with Crippen LogP contribution in [-0.2, 0) is 39.8 Å². The number of ether oxygens (including phenoxy) is 5. The lowest BCUT2D eigenvalue weighted by atomic mass is 9.72. The highest BCUT2D eigenvalue weighted by Gasteiger charge is 2.52. The molecule has 3 aliphatic heterocycles. The van der Waals surface area contributed by atoms with Gasteiger partial charge in [0.1, 0.15) is 34.9 Å². The zero-order chi connectivity index (χ0) is 40.5. The van der Waals surface area contributed by atoms with Crippen molar-refractivity contribution in [3.63, 3.8) is 0 Å². The molecule has 5 aliphatic rings. The van der Waals surface area contributed by atoms with Crippen molar-refractivity contribution in [1.29, 1.82) is 0 Å². The predicted molar refractivity (Wildman–Crippen MR) is 195 cm³/mol. The van der Waals surface area contributed by atoms with E-state index in [-0.39, 0.29) is 46.0 Å². The van der Waals surface area contributed by atoms with Crippen LogP contribution in [0.3, 0.4) is 0 Å². The second-order valence-corrected chi connectivity index (χ2v) is 15.4. The monoisotopic (exact) mass is 797 g/mol. The van der Waals surface area contributed by atoms with Crippen LogP contribution in [0.5, 0.6) is 17.2 Å². The average molecular weight is 798 g/mol. The molecule has 18 heteroatoms. The van der Waals surface area contributed by atoms with Gasteiger partial charge in [0, 0.05) is 48.4 Å². The molecule has 3 heterocycles. The molecule has 8 unspecified atom stereocenters. The number of carbonyl (C=O) groups is 5. The Kier molecular flexibility index (Phi) is 10.5. The van der Waals surface area contributed by atoms with Gasteiger partial charge >= 0.3 is 0 Å². The minimum Gasteiger partial charge on any atom is -0.507 e. The molecule has 2 aliphatic carbocycles. The fourth-order valence-electron chi connectivity index (χ4n) is 8.51. The Bertz CT molecular complexity index is 2020. The Morgan fingerprint density at radius 3 is 2.32 bits per heavy atom. The molecule has 17 nitrogen and oxygen atoms in total. The van der Waals surface area contributed by atoms with Crippen LogP contribution in [0.15, 0.2) is 18.2 Å². The number of hydrogen-bond donors (Lipinski definition) is 7. The smallest absolute Gasteiger partial charge is 0.240 e. The lowest BCUT2D eigenvalue weighted by Gasteiger charge is -2.48. The minimum absolute atomic E-state index is 0.0298. The number of phenolic OH excluding ortho intramolecular Hbond substituents is 2. The van der Waals surface area contributed by atoms with Crippen LogP contribution in [0.1, 0.15) is 96.0 Å². The number of nitrogens with one attached hydrogen (secondary N) is 3. The van der Waals surface area contributed by atoms with Crippen molar-refractivity contribution < 1.29 is 68.1 Å². The molecule has 3 fully saturated rings. The summed E-state index contributed by atoms with van der Waals surface area (Å²) in [6.45, 7) is 6.05. The average Bonchev–Trinajstić information content (AvgIpc) is 3.11. The van der Waals surface area contributed by atoms with Crippen LogP contribution in [0, 0.1) is 5.92 Å². The second-order valence-electron chi connectivity index (χ2n) is 15.0. The summed E-state index contributed by atoms with van der Waals surface area (Å²) in [6.07, 6.45) is -7.70. The maximum atomic E-state index is 14.0. The van der Waals surface area contributed by atoms with Crippen LogP contribution < -0.4 is 20.7 Å². The first-order chi connectivity index (χ1) is 26.4. The van der Waals surface area contributed by atoms with Crippen molar-refractivity contribution in [1.82, 2.24) is 16.0 Å². The molecule has 300 valence electrons. The van der Waals surface area contributed by atoms with Crippen molar-refractivity contribution in [2.24, 2.45) is 5.92 Å². The van der Waals surface area contributed by atoms with Crippen molar-refractivity contribution in [3.05, 3.63) is 51.6 Å². The van der Waals surface area contributed by atoms with Gasteiger partial charge in [-0.05, 0) is 46.0 Å². The van der Waals surface area contributed by atoms with E-state index in [0.717, 1.165) is 6.92 Å². The number of thiocarbonyl (C=S) groups is 1. The summed E-state index contributed by atoms with van der Waals surface area (Å²) in [6, 6.07) is 2.71. The number of Topliss-reactive ketones (excluding diaryl/α,β-unsaturated/α-hetero) is 1. The zero-order valence-electron chi connectivity index (χ0n) is 31.1. The lowest BCUT2D eigenvalue weighted by molar-refractivity contribution is -0.297. The number of aliphatic hydroxyl groups is 2. The number of aliphatic hydroxyl groups excluding tert-OH is 1. The minimum atomic E-state index is -2.13. The summed E-state index contributed by atoms with van der Waals surface area (Å²) in [5.41, 5.74) is -3.53. The summed E-state index contributed by atoms with van der Waals surface area (Å²) in [4.78, 5) is 67.2. The number of aromatic hydroxyl groups is 2. The van der Waals surface area contributed by atoms with Gasteiger partial charge in [-0.25, -0.2) is 0 Å². The van der Waals surface area contributed by atoms with Gasteiger partial charge in [0.15, 0.2) is 29.3 Å². The van der Waals surface area contributed by atoms with Crippen LogP contribution in [0.4, 0.5) is 0 Å². The molecule has 7 N–H and O–H groups in total. The van der Waals surface area contributed by atoms with E-state index < -0.39 is 131 Å². The van der Waals surface area contributed by atoms with E-state index in [4.69, 9.17) is 35.9 Å². The van der Waals surface area contributed by atoms with Gasteiger partial charge in [0.25, 0.3) is 0 Å². The highest BCUT2D eigenvalue weighted by atomic mass is 32.1. The first-order valence-electron chi connectivity index (χ1n) is 18.3. The van der Waals surface area contributed by atoms with E-state index in [0.29, 0.717) is 0 Å². The third kappa shape index (κ3) is 6.76. The largest absolute Gasteiger partial charge is 0.507 e. The van der Waals surface area contributed by atoms with E-state index in [2.05, 4.69) is 16.0 Å². The van der Waals surface area contributed by atoms with E-state index in [1.165, 1.54) is 25.3 Å². The summed E-state index contributed by atoms with van der Waals surface area (Å²) in [5.74, 6) is -6.13. The van der Waals surface area contributed by atoms with Crippen LogP contribution in [0.25, 0.3) is 0 Å². The molecule has 7 rings (SSSR count). The van der Waals surface area contributed by atoms with E-state index >= 15 is 0 Å². The molecule has 0 saturated carbocycles. The number of fused-ring (bicyclic) bond motifs is 4. The Balaban J connectivity index is 1.27. The highest BCUT2D eigenvalue weighted by molar-refractivity contribution is 7.80. The summed E-state index contributed by atoms with van der Waals surface area (Å²) < 4.78 is 30.6. The number of rotatable bonds is 7. The maximum absolute atomic E-state index is 14.0. The first kappa shape index (κ1) is 39.8. The van der Waals surface area contributed by atoms with E-state index in [9.17, 15) is 44.4 Å². The van der Waals surface area contributed by atoms with Crippen molar-refractivity contribution in [3.8, 4) is 17.2 Å². The molecule has 0 bridgehead atoms.